The Hall–Kier alpha value is -1.14. The van der Waals surface area contributed by atoms with Crippen LogP contribution in [0.15, 0.2) is 0 Å². The van der Waals surface area contributed by atoms with E-state index in [0.717, 1.165) is 0 Å². The number of carbonyl (C=O) groups excluding carboxylic acids is 1. The summed E-state index contributed by atoms with van der Waals surface area (Å²) in [7, 11) is 2.77. The van der Waals surface area contributed by atoms with E-state index in [9.17, 15) is 9.59 Å². The lowest BCUT2D eigenvalue weighted by molar-refractivity contribution is -0.151. The summed E-state index contributed by atoms with van der Waals surface area (Å²) in [5.41, 5.74) is 0. The van der Waals surface area contributed by atoms with E-state index in [1.807, 2.05) is 0 Å². The molecule has 1 fully saturated rings. The first-order valence-corrected chi connectivity index (χ1v) is 4.68. The van der Waals surface area contributed by atoms with Gasteiger partial charge in [0.15, 0.2) is 0 Å². The molecule has 0 radical (unpaired) electrons. The quantitative estimate of drug-likeness (QED) is 0.650. The van der Waals surface area contributed by atoms with Crippen LogP contribution in [0.25, 0.3) is 0 Å². The molecule has 0 bridgehead atoms. The fourth-order valence-electron chi connectivity index (χ4n) is 1.78. The monoisotopic (exact) mass is 217 g/mol. The van der Waals surface area contributed by atoms with Crippen LogP contribution in [0.1, 0.15) is 12.8 Å². The number of methoxy groups -OCH3 is 2. The maximum absolute atomic E-state index is 11.1. The molecule has 0 aliphatic carbocycles. The van der Waals surface area contributed by atoms with Crippen molar-refractivity contribution in [3.05, 3.63) is 0 Å². The third-order valence-corrected chi connectivity index (χ3v) is 2.55. The number of likely N-dealkylation sites (tertiary alicyclic amines) is 1. The van der Waals surface area contributed by atoms with Gasteiger partial charge in [0.05, 0.1) is 13.7 Å². The predicted octanol–water partition coefficient (Wildman–Crippen LogP) is -0.319. The van der Waals surface area contributed by atoms with E-state index in [0.29, 0.717) is 12.8 Å². The Morgan fingerprint density at radius 3 is 2.53 bits per heavy atom. The van der Waals surface area contributed by atoms with Crippen molar-refractivity contribution in [1.29, 1.82) is 0 Å². The van der Waals surface area contributed by atoms with Gasteiger partial charge in [-0.25, -0.2) is 0 Å². The van der Waals surface area contributed by atoms with Gasteiger partial charge in [-0.05, 0) is 12.8 Å². The van der Waals surface area contributed by atoms with Gasteiger partial charge in [0, 0.05) is 7.11 Å². The Morgan fingerprint density at radius 2 is 2.07 bits per heavy atom. The van der Waals surface area contributed by atoms with E-state index < -0.39 is 18.0 Å². The molecule has 0 saturated carbocycles. The fourth-order valence-corrected chi connectivity index (χ4v) is 1.78. The minimum Gasteiger partial charge on any atom is -0.480 e. The van der Waals surface area contributed by atoms with E-state index >= 15 is 0 Å². The molecule has 0 aromatic heterocycles. The van der Waals surface area contributed by atoms with Gasteiger partial charge in [-0.3, -0.25) is 14.5 Å². The first kappa shape index (κ1) is 11.9. The SMILES string of the molecule is COC(=O)CN1C(OC)CC[C@H]1C(=O)O. The van der Waals surface area contributed by atoms with Crippen molar-refractivity contribution < 1.29 is 24.2 Å². The number of carbonyl (C=O) groups is 2. The van der Waals surface area contributed by atoms with E-state index in [1.165, 1.54) is 19.1 Å². The first-order valence-electron chi connectivity index (χ1n) is 4.68. The van der Waals surface area contributed by atoms with Crippen molar-refractivity contribution in [3.8, 4) is 0 Å². The molecule has 1 heterocycles. The highest BCUT2D eigenvalue weighted by atomic mass is 16.5. The molecule has 15 heavy (non-hydrogen) atoms. The average Bonchev–Trinajstić information content (AvgIpc) is 2.60. The van der Waals surface area contributed by atoms with Crippen LogP contribution in [0.3, 0.4) is 0 Å². The number of nitrogens with zero attached hydrogens (tertiary/aromatic N) is 1. The number of carboxylic acids is 1. The Morgan fingerprint density at radius 1 is 1.40 bits per heavy atom. The van der Waals surface area contributed by atoms with Gasteiger partial charge in [0.25, 0.3) is 0 Å². The summed E-state index contributed by atoms with van der Waals surface area (Å²) in [5, 5.41) is 8.93. The van der Waals surface area contributed by atoms with Crippen LogP contribution in [-0.2, 0) is 19.1 Å². The topological polar surface area (TPSA) is 76.1 Å². The summed E-state index contributed by atoms with van der Waals surface area (Å²) in [4.78, 5) is 23.5. The Labute approximate surface area is 87.8 Å². The third-order valence-electron chi connectivity index (χ3n) is 2.55. The number of rotatable bonds is 4. The van der Waals surface area contributed by atoms with E-state index in [4.69, 9.17) is 9.84 Å². The number of aliphatic carboxylic acids is 1. The maximum Gasteiger partial charge on any atom is 0.321 e. The van der Waals surface area contributed by atoms with Gasteiger partial charge in [-0.1, -0.05) is 0 Å². The number of carboxylic acid groups (broad SMARTS) is 1. The molecule has 0 aromatic rings. The molecule has 1 N–H and O–H groups in total. The van der Waals surface area contributed by atoms with Crippen LogP contribution in [-0.4, -0.2) is 55.0 Å². The highest BCUT2D eigenvalue weighted by Crippen LogP contribution is 2.24. The average molecular weight is 217 g/mol. The normalized spacial score (nSPS) is 26.5. The minimum absolute atomic E-state index is 0.0496. The molecule has 0 aromatic carbocycles. The van der Waals surface area contributed by atoms with Crippen molar-refractivity contribution in [1.82, 2.24) is 4.90 Å². The van der Waals surface area contributed by atoms with Crippen molar-refractivity contribution in [2.75, 3.05) is 20.8 Å². The molecule has 1 aliphatic rings. The van der Waals surface area contributed by atoms with Crippen LogP contribution in [0, 0.1) is 0 Å². The van der Waals surface area contributed by atoms with Gasteiger partial charge in [0.1, 0.15) is 12.3 Å². The van der Waals surface area contributed by atoms with E-state index in [-0.39, 0.29) is 12.8 Å². The molecule has 6 nitrogen and oxygen atoms in total. The Kier molecular flexibility index (Phi) is 4.05. The fraction of sp³-hybridized carbons (Fsp3) is 0.778. The number of hydrogen-bond donors (Lipinski definition) is 1. The lowest BCUT2D eigenvalue weighted by Gasteiger charge is -2.25. The molecule has 1 unspecified atom stereocenters. The predicted molar refractivity (Wildman–Crippen MR) is 50.2 cm³/mol. The molecule has 2 atom stereocenters. The molecule has 1 rings (SSSR count). The van der Waals surface area contributed by atoms with Gasteiger partial charge >= 0.3 is 11.9 Å². The number of hydrogen-bond acceptors (Lipinski definition) is 5. The Balaban J connectivity index is 2.68. The van der Waals surface area contributed by atoms with E-state index in [2.05, 4.69) is 4.74 Å². The maximum atomic E-state index is 11.1. The van der Waals surface area contributed by atoms with Gasteiger partial charge in [0.2, 0.25) is 0 Å². The minimum atomic E-state index is -0.932. The Bertz CT molecular complexity index is 255. The molecular formula is C9H15NO5. The zero-order valence-corrected chi connectivity index (χ0v) is 8.80. The lowest BCUT2D eigenvalue weighted by Crippen LogP contribution is -2.44. The molecule has 0 amide bonds. The van der Waals surface area contributed by atoms with E-state index in [1.54, 1.807) is 0 Å². The van der Waals surface area contributed by atoms with Crippen LogP contribution in [0.2, 0.25) is 0 Å². The highest BCUT2D eigenvalue weighted by molar-refractivity contribution is 5.76. The summed E-state index contributed by atoms with van der Waals surface area (Å²) < 4.78 is 9.61. The second kappa shape index (κ2) is 5.09. The largest absolute Gasteiger partial charge is 0.480 e. The van der Waals surface area contributed by atoms with Gasteiger partial charge < -0.3 is 14.6 Å². The van der Waals surface area contributed by atoms with Crippen molar-refractivity contribution >= 4 is 11.9 Å². The summed E-state index contributed by atoms with van der Waals surface area (Å²) in [6.45, 7) is -0.0496. The standard InChI is InChI=1S/C9H15NO5/c1-14-7-4-3-6(9(12)13)10(7)5-8(11)15-2/h6-7H,3-5H2,1-2H3,(H,12,13)/t6-,7?/m0/s1. The molecule has 86 valence electrons. The van der Waals surface area contributed by atoms with Crippen molar-refractivity contribution in [2.24, 2.45) is 0 Å². The molecule has 1 saturated heterocycles. The van der Waals surface area contributed by atoms with Crippen molar-refractivity contribution in [2.45, 2.75) is 25.1 Å². The summed E-state index contributed by atoms with van der Waals surface area (Å²) in [5.74, 6) is -1.39. The second-order valence-electron chi connectivity index (χ2n) is 3.37. The third kappa shape index (κ3) is 2.66. The highest BCUT2D eigenvalue weighted by Gasteiger charge is 2.39. The summed E-state index contributed by atoms with van der Waals surface area (Å²) >= 11 is 0. The van der Waals surface area contributed by atoms with Crippen molar-refractivity contribution in [3.63, 3.8) is 0 Å². The molecule has 6 heteroatoms. The smallest absolute Gasteiger partial charge is 0.321 e. The summed E-state index contributed by atoms with van der Waals surface area (Å²) in [6, 6.07) is -0.658. The van der Waals surface area contributed by atoms with Crippen LogP contribution in [0.4, 0.5) is 0 Å². The number of ether oxygens (including phenoxy) is 2. The summed E-state index contributed by atoms with van der Waals surface area (Å²) in [6.07, 6.45) is 0.792. The zero-order valence-electron chi connectivity index (χ0n) is 8.80. The lowest BCUT2D eigenvalue weighted by atomic mass is 10.2. The van der Waals surface area contributed by atoms with Crippen LogP contribution < -0.4 is 0 Å². The number of esters is 1. The first-order chi connectivity index (χ1) is 7.10. The molecule has 1 aliphatic heterocycles. The second-order valence-corrected chi connectivity index (χ2v) is 3.37. The zero-order chi connectivity index (χ0) is 11.4. The van der Waals surface area contributed by atoms with Gasteiger partial charge in [-0.15, -0.1) is 0 Å². The van der Waals surface area contributed by atoms with Gasteiger partial charge in [-0.2, -0.15) is 0 Å². The van der Waals surface area contributed by atoms with Crippen LogP contribution >= 0.6 is 0 Å². The van der Waals surface area contributed by atoms with Crippen LogP contribution in [0.5, 0.6) is 0 Å². The molecule has 0 spiro atoms. The molecular weight excluding hydrogens is 202 g/mol.